The molecule has 5 heteroatoms. The molecule has 78 valence electrons. The van der Waals surface area contributed by atoms with E-state index in [0.717, 1.165) is 5.69 Å². The van der Waals surface area contributed by atoms with Crippen LogP contribution in [0.4, 0.5) is 13.2 Å². The van der Waals surface area contributed by atoms with Gasteiger partial charge in [-0.15, -0.1) is 0 Å². The van der Waals surface area contributed by atoms with Crippen molar-refractivity contribution in [2.75, 3.05) is 0 Å². The molecule has 0 fully saturated rings. The first-order chi connectivity index (χ1) is 6.38. The Morgan fingerprint density at radius 1 is 1.43 bits per heavy atom. The number of halogens is 3. The zero-order chi connectivity index (χ0) is 10.8. The molecule has 0 aliphatic carbocycles. The zero-order valence-corrected chi connectivity index (χ0v) is 7.67. The maximum absolute atomic E-state index is 12.0. The fourth-order valence-electron chi connectivity index (χ4n) is 1.07. The highest BCUT2D eigenvalue weighted by atomic mass is 19.4. The van der Waals surface area contributed by atoms with Gasteiger partial charge in [0.25, 0.3) is 0 Å². The molecule has 0 aliphatic heterocycles. The molecule has 1 unspecified atom stereocenters. The maximum Gasteiger partial charge on any atom is 0.390 e. The topological polar surface area (TPSA) is 38.9 Å². The van der Waals surface area contributed by atoms with E-state index in [0.29, 0.717) is 5.56 Å². The van der Waals surface area contributed by atoms with Gasteiger partial charge >= 0.3 is 6.18 Å². The predicted molar refractivity (Wildman–Crippen MR) is 46.6 cm³/mol. The van der Waals surface area contributed by atoms with Crippen molar-refractivity contribution < 1.29 is 13.2 Å². The highest BCUT2D eigenvalue weighted by Crippen LogP contribution is 2.27. The first-order valence-electron chi connectivity index (χ1n) is 4.13. The molecule has 14 heavy (non-hydrogen) atoms. The van der Waals surface area contributed by atoms with E-state index in [-0.39, 0.29) is 0 Å². The van der Waals surface area contributed by atoms with Crippen LogP contribution in [-0.2, 0) is 0 Å². The van der Waals surface area contributed by atoms with Gasteiger partial charge in [0, 0.05) is 17.9 Å². The Labute approximate surface area is 79.9 Å². The predicted octanol–water partition coefficient (Wildman–Crippen LogP) is 2.34. The third-order valence-corrected chi connectivity index (χ3v) is 1.81. The van der Waals surface area contributed by atoms with Gasteiger partial charge in [-0.2, -0.15) is 13.2 Å². The summed E-state index contributed by atoms with van der Waals surface area (Å²) in [7, 11) is 0. The van der Waals surface area contributed by atoms with Crippen LogP contribution in [0.25, 0.3) is 0 Å². The molecule has 0 saturated carbocycles. The van der Waals surface area contributed by atoms with Crippen LogP contribution in [0.1, 0.15) is 23.7 Å². The van der Waals surface area contributed by atoms with Gasteiger partial charge in [-0.3, -0.25) is 4.98 Å². The molecule has 1 atom stereocenters. The number of alkyl halides is 3. The van der Waals surface area contributed by atoms with Crippen molar-refractivity contribution in [3.63, 3.8) is 0 Å². The highest BCUT2D eigenvalue weighted by Gasteiger charge is 2.30. The van der Waals surface area contributed by atoms with Crippen molar-refractivity contribution in [1.82, 2.24) is 4.98 Å². The molecular weight excluding hydrogens is 193 g/mol. The molecule has 1 heterocycles. The SMILES string of the molecule is Cc1ccc(C(N)CC(F)(F)F)cn1. The van der Waals surface area contributed by atoms with E-state index < -0.39 is 18.6 Å². The van der Waals surface area contributed by atoms with Crippen molar-refractivity contribution in [3.05, 3.63) is 29.6 Å². The van der Waals surface area contributed by atoms with Crippen LogP contribution in [-0.4, -0.2) is 11.2 Å². The van der Waals surface area contributed by atoms with Gasteiger partial charge < -0.3 is 5.73 Å². The van der Waals surface area contributed by atoms with E-state index in [9.17, 15) is 13.2 Å². The lowest BCUT2D eigenvalue weighted by Crippen LogP contribution is -2.20. The van der Waals surface area contributed by atoms with Gasteiger partial charge in [0.1, 0.15) is 0 Å². The quantitative estimate of drug-likeness (QED) is 0.803. The van der Waals surface area contributed by atoms with Crippen LogP contribution in [0.5, 0.6) is 0 Å². The van der Waals surface area contributed by atoms with E-state index in [1.807, 2.05) is 0 Å². The first kappa shape index (κ1) is 11.0. The van der Waals surface area contributed by atoms with Crippen LogP contribution < -0.4 is 5.73 Å². The number of hydrogen-bond acceptors (Lipinski definition) is 2. The Kier molecular flexibility index (Phi) is 3.10. The standard InChI is InChI=1S/C9H11F3N2/c1-6-2-3-7(5-14-6)8(13)4-9(10,11)12/h2-3,5,8H,4,13H2,1H3. The van der Waals surface area contributed by atoms with Gasteiger partial charge in [0.05, 0.1) is 6.42 Å². The molecule has 0 amide bonds. The Morgan fingerprint density at radius 2 is 2.07 bits per heavy atom. The highest BCUT2D eigenvalue weighted by molar-refractivity contribution is 5.16. The fourth-order valence-corrected chi connectivity index (χ4v) is 1.07. The summed E-state index contributed by atoms with van der Waals surface area (Å²) in [5, 5.41) is 0. The number of nitrogens with two attached hydrogens (primary N) is 1. The molecule has 0 aromatic carbocycles. The summed E-state index contributed by atoms with van der Waals surface area (Å²) in [6.07, 6.45) is -3.87. The molecule has 0 bridgehead atoms. The number of hydrogen-bond donors (Lipinski definition) is 1. The largest absolute Gasteiger partial charge is 0.390 e. The Balaban J connectivity index is 2.70. The van der Waals surface area contributed by atoms with Gasteiger partial charge in [-0.25, -0.2) is 0 Å². The first-order valence-corrected chi connectivity index (χ1v) is 4.13. The minimum absolute atomic E-state index is 0.410. The summed E-state index contributed by atoms with van der Waals surface area (Å²) in [6, 6.07) is 2.19. The summed E-state index contributed by atoms with van der Waals surface area (Å²) in [4.78, 5) is 3.88. The molecule has 2 N–H and O–H groups in total. The smallest absolute Gasteiger partial charge is 0.324 e. The molecule has 1 aromatic heterocycles. The molecule has 0 aliphatic rings. The van der Waals surface area contributed by atoms with Crippen LogP contribution in [0, 0.1) is 6.92 Å². The van der Waals surface area contributed by atoms with Crippen molar-refractivity contribution in [1.29, 1.82) is 0 Å². The number of aryl methyl sites for hydroxylation is 1. The lowest BCUT2D eigenvalue weighted by molar-refractivity contribution is -0.138. The second kappa shape index (κ2) is 3.96. The summed E-state index contributed by atoms with van der Waals surface area (Å²) in [5.41, 5.74) is 6.54. The maximum atomic E-state index is 12.0. The average molecular weight is 204 g/mol. The van der Waals surface area contributed by atoms with Crippen LogP contribution in [0.2, 0.25) is 0 Å². The van der Waals surface area contributed by atoms with Gasteiger partial charge in [0.2, 0.25) is 0 Å². The zero-order valence-electron chi connectivity index (χ0n) is 7.67. The second-order valence-corrected chi connectivity index (χ2v) is 3.16. The molecule has 1 aromatic rings. The van der Waals surface area contributed by atoms with Gasteiger partial charge in [-0.05, 0) is 18.6 Å². The van der Waals surface area contributed by atoms with Crippen LogP contribution in [0.15, 0.2) is 18.3 Å². The summed E-state index contributed by atoms with van der Waals surface area (Å²) < 4.78 is 35.9. The monoisotopic (exact) mass is 204 g/mol. The van der Waals surface area contributed by atoms with E-state index in [1.54, 1.807) is 19.1 Å². The fraction of sp³-hybridized carbons (Fsp3) is 0.444. The third-order valence-electron chi connectivity index (χ3n) is 1.81. The lowest BCUT2D eigenvalue weighted by atomic mass is 10.1. The summed E-state index contributed by atoms with van der Waals surface area (Å²) >= 11 is 0. The molecule has 2 nitrogen and oxygen atoms in total. The molecule has 0 saturated heterocycles. The summed E-state index contributed by atoms with van der Waals surface area (Å²) in [6.45, 7) is 1.76. The van der Waals surface area contributed by atoms with Crippen molar-refractivity contribution in [3.8, 4) is 0 Å². The van der Waals surface area contributed by atoms with E-state index in [1.165, 1.54) is 6.20 Å². The third kappa shape index (κ3) is 3.33. The van der Waals surface area contributed by atoms with Crippen molar-refractivity contribution in [2.45, 2.75) is 25.6 Å². The van der Waals surface area contributed by atoms with E-state index >= 15 is 0 Å². The van der Waals surface area contributed by atoms with Crippen molar-refractivity contribution >= 4 is 0 Å². The molecule has 0 spiro atoms. The average Bonchev–Trinajstić information content (AvgIpc) is 2.02. The number of aromatic nitrogens is 1. The summed E-state index contributed by atoms with van der Waals surface area (Å²) in [5.74, 6) is 0. The second-order valence-electron chi connectivity index (χ2n) is 3.16. The number of rotatable bonds is 2. The molecular formula is C9H11F3N2. The number of pyridine rings is 1. The molecule has 1 rings (SSSR count). The van der Waals surface area contributed by atoms with Crippen LogP contribution >= 0.6 is 0 Å². The Morgan fingerprint density at radius 3 is 2.50 bits per heavy atom. The van der Waals surface area contributed by atoms with Gasteiger partial charge in [-0.1, -0.05) is 6.07 Å². The molecule has 0 radical (unpaired) electrons. The van der Waals surface area contributed by atoms with E-state index in [2.05, 4.69) is 4.98 Å². The normalized spacial score (nSPS) is 14.1. The lowest BCUT2D eigenvalue weighted by Gasteiger charge is -2.13. The minimum Gasteiger partial charge on any atom is -0.324 e. The minimum atomic E-state index is -4.23. The Bertz CT molecular complexity index is 292. The van der Waals surface area contributed by atoms with Gasteiger partial charge in [0.15, 0.2) is 0 Å². The number of nitrogens with zero attached hydrogens (tertiary/aromatic N) is 1. The van der Waals surface area contributed by atoms with Crippen molar-refractivity contribution in [2.24, 2.45) is 5.73 Å². The Hall–Kier alpha value is -1.10. The van der Waals surface area contributed by atoms with E-state index in [4.69, 9.17) is 5.73 Å². The van der Waals surface area contributed by atoms with Crippen LogP contribution in [0.3, 0.4) is 0 Å².